The molecule has 0 bridgehead atoms. The number of unbranched alkanes of at least 4 members (excludes halogenated alkanes) is 21. The van der Waals surface area contributed by atoms with E-state index >= 15 is 0 Å². The maximum absolute atomic E-state index is 12.8. The van der Waals surface area contributed by atoms with Crippen LogP contribution in [0.25, 0.3) is 0 Å². The Hall–Kier alpha value is -4.37. The van der Waals surface area contributed by atoms with Gasteiger partial charge in [-0.1, -0.05) is 281 Å². The molecule has 0 fully saturated rings. The Balaban J connectivity index is 3.99. The van der Waals surface area contributed by atoms with Gasteiger partial charge in [0.1, 0.15) is 6.61 Å². The molecule has 0 aliphatic rings. The number of carbonyl (C=O) groups excluding carboxylic acids is 2. The second-order valence-electron chi connectivity index (χ2n) is 21.2. The summed E-state index contributed by atoms with van der Waals surface area (Å²) in [5.41, 5.74) is 5.40. The number of nitrogens with two attached hydrogens (primary N) is 1. The smallest absolute Gasteiger partial charge is 0.462 e. The van der Waals surface area contributed by atoms with Crippen LogP contribution in [-0.4, -0.2) is 49.3 Å². The second-order valence-corrected chi connectivity index (χ2v) is 22.7. The minimum absolute atomic E-state index is 0.0441. The molecule has 0 amide bonds. The fourth-order valence-electron chi connectivity index (χ4n) is 8.62. The van der Waals surface area contributed by atoms with E-state index in [-0.39, 0.29) is 38.6 Å². The van der Waals surface area contributed by atoms with Gasteiger partial charge in [0.25, 0.3) is 0 Å². The lowest BCUT2D eigenvalue weighted by Crippen LogP contribution is -2.29. The number of phosphoric ester groups is 1. The lowest BCUT2D eigenvalue weighted by Gasteiger charge is -2.19. The van der Waals surface area contributed by atoms with Crippen LogP contribution in [0, 0.1) is 0 Å². The second kappa shape index (κ2) is 66.8. The average molecular weight is 1170 g/mol. The van der Waals surface area contributed by atoms with Gasteiger partial charge in [0.15, 0.2) is 6.10 Å². The van der Waals surface area contributed by atoms with Gasteiger partial charge in [-0.15, -0.1) is 0 Å². The lowest BCUT2D eigenvalue weighted by atomic mass is 10.0. The molecule has 0 saturated heterocycles. The Labute approximate surface area is 509 Å². The van der Waals surface area contributed by atoms with Crippen LogP contribution in [0.3, 0.4) is 0 Å². The standard InChI is InChI=1S/C73H120NO8P/c1-3-5-7-9-11-13-15-17-19-21-23-25-27-29-31-33-34-35-36-38-40-42-44-46-48-50-52-54-56-58-60-62-64-66-73(76)82-71(70-81-83(77,78)80-68-67-74)69-79-72(75)65-63-61-59-57-55-53-51-49-47-45-43-41-39-37-32-30-28-26-24-22-20-18-16-14-12-10-8-6-4-2/h5-8,11-14,17-20,23-26,29-32,34-35,38,40,44,46,71H,3-4,9-10,15-16,21-22,27-28,33,36-37,39,41-43,45,47-70,74H2,1-2H3,(H,77,78)/b7-5-,8-6-,13-11-,14-12-,19-17-,20-18-,25-23-,26-24-,31-29-,32-30-,35-34-,40-38-,46-44-. The number of hydrogen-bond donors (Lipinski definition) is 2. The van der Waals surface area contributed by atoms with Crippen LogP contribution in [0.1, 0.15) is 258 Å². The minimum Gasteiger partial charge on any atom is -0.462 e. The summed E-state index contributed by atoms with van der Waals surface area (Å²) in [7, 11) is -4.41. The SMILES string of the molecule is CC/C=C\C/C=C\C/C=C\C/C=C\C/C=C\C/C=C\C/C=C\C/C=C\CCCCCCCCCCC(=O)OC(COC(=O)CCCCCCCCCCCCCCC/C=C\C/C=C\C/C=C\C/C=C\C/C=C\CC)COP(=O)(O)OCCN. The molecule has 0 aromatic carbocycles. The van der Waals surface area contributed by atoms with Crippen LogP contribution < -0.4 is 5.73 Å². The van der Waals surface area contributed by atoms with Crippen molar-refractivity contribution in [2.75, 3.05) is 26.4 Å². The van der Waals surface area contributed by atoms with Crippen LogP contribution in [-0.2, 0) is 32.7 Å². The third kappa shape index (κ3) is 66.6. The molecule has 10 heteroatoms. The van der Waals surface area contributed by atoms with E-state index in [0.717, 1.165) is 128 Å². The van der Waals surface area contributed by atoms with Crippen LogP contribution in [0.5, 0.6) is 0 Å². The number of hydrogen-bond acceptors (Lipinski definition) is 8. The van der Waals surface area contributed by atoms with Crippen LogP contribution in [0.4, 0.5) is 0 Å². The van der Waals surface area contributed by atoms with E-state index < -0.39 is 26.5 Å². The van der Waals surface area contributed by atoms with Gasteiger partial charge >= 0.3 is 19.8 Å². The summed E-state index contributed by atoms with van der Waals surface area (Å²) in [6.45, 7) is 3.50. The molecule has 0 aromatic heterocycles. The normalized spacial score (nSPS) is 14.0. The Bertz CT molecular complexity index is 1920. The molecule has 0 aliphatic heterocycles. The Morgan fingerprint density at radius 1 is 0.361 bits per heavy atom. The van der Waals surface area contributed by atoms with Crippen molar-refractivity contribution in [2.45, 2.75) is 264 Å². The summed E-state index contributed by atoms with van der Waals surface area (Å²) >= 11 is 0. The van der Waals surface area contributed by atoms with Gasteiger partial charge < -0.3 is 20.1 Å². The first kappa shape index (κ1) is 78.6. The van der Waals surface area contributed by atoms with Crippen LogP contribution >= 0.6 is 7.82 Å². The molecule has 0 spiro atoms. The van der Waals surface area contributed by atoms with E-state index in [4.69, 9.17) is 24.3 Å². The van der Waals surface area contributed by atoms with E-state index in [9.17, 15) is 19.0 Å². The van der Waals surface area contributed by atoms with Gasteiger partial charge in [0.05, 0.1) is 13.2 Å². The lowest BCUT2D eigenvalue weighted by molar-refractivity contribution is -0.161. The number of carbonyl (C=O) groups is 2. The zero-order valence-corrected chi connectivity index (χ0v) is 53.5. The van der Waals surface area contributed by atoms with Crippen molar-refractivity contribution in [3.05, 3.63) is 158 Å². The van der Waals surface area contributed by atoms with Gasteiger partial charge in [-0.25, -0.2) is 4.57 Å². The summed E-state index contributed by atoms with van der Waals surface area (Å²) in [5.74, 6) is -0.845. The first-order chi connectivity index (χ1) is 40.8. The van der Waals surface area contributed by atoms with E-state index in [2.05, 4.69) is 172 Å². The number of allylic oxidation sites excluding steroid dienone is 26. The summed E-state index contributed by atoms with van der Waals surface area (Å²) < 4.78 is 33.1. The molecule has 2 unspecified atom stereocenters. The zero-order chi connectivity index (χ0) is 60.1. The molecule has 0 rings (SSSR count). The number of rotatable bonds is 60. The average Bonchev–Trinajstić information content (AvgIpc) is 3.49. The number of ether oxygens (including phenoxy) is 2. The van der Waals surface area contributed by atoms with E-state index in [1.54, 1.807) is 0 Å². The molecule has 0 aliphatic carbocycles. The summed E-state index contributed by atoms with van der Waals surface area (Å²) in [5, 5.41) is 0. The minimum atomic E-state index is -4.41. The molecular formula is C73H120NO8P. The van der Waals surface area contributed by atoms with E-state index in [0.29, 0.717) is 6.42 Å². The topological polar surface area (TPSA) is 134 Å². The molecule has 9 nitrogen and oxygen atoms in total. The number of phosphoric acid groups is 1. The highest BCUT2D eigenvalue weighted by molar-refractivity contribution is 7.47. The molecule has 0 heterocycles. The van der Waals surface area contributed by atoms with Gasteiger partial charge in [-0.2, -0.15) is 0 Å². The molecule has 0 saturated carbocycles. The predicted octanol–water partition coefficient (Wildman–Crippen LogP) is 21.6. The Morgan fingerprint density at radius 2 is 0.627 bits per heavy atom. The van der Waals surface area contributed by atoms with Gasteiger partial charge in [0, 0.05) is 19.4 Å². The zero-order valence-electron chi connectivity index (χ0n) is 52.6. The quantitative estimate of drug-likeness (QED) is 0.0264. The fourth-order valence-corrected chi connectivity index (χ4v) is 9.39. The maximum atomic E-state index is 12.8. The summed E-state index contributed by atoms with van der Waals surface area (Å²) in [4.78, 5) is 35.3. The predicted molar refractivity (Wildman–Crippen MR) is 357 cm³/mol. The van der Waals surface area contributed by atoms with Crippen molar-refractivity contribution in [3.8, 4) is 0 Å². The monoisotopic (exact) mass is 1170 g/mol. The van der Waals surface area contributed by atoms with Gasteiger partial charge in [0.2, 0.25) is 0 Å². The van der Waals surface area contributed by atoms with E-state index in [1.165, 1.54) is 96.3 Å². The third-order valence-electron chi connectivity index (χ3n) is 13.4. The summed E-state index contributed by atoms with van der Waals surface area (Å²) in [6, 6.07) is 0. The van der Waals surface area contributed by atoms with Gasteiger partial charge in [-0.05, 0) is 122 Å². The van der Waals surface area contributed by atoms with Gasteiger partial charge in [-0.3, -0.25) is 18.6 Å². The fraction of sp³-hybridized carbons (Fsp3) is 0.616. The Morgan fingerprint density at radius 3 is 0.928 bits per heavy atom. The molecule has 3 N–H and O–H groups in total. The molecule has 470 valence electrons. The van der Waals surface area contributed by atoms with Crippen molar-refractivity contribution in [3.63, 3.8) is 0 Å². The van der Waals surface area contributed by atoms with Crippen molar-refractivity contribution < 1.29 is 37.6 Å². The summed E-state index contributed by atoms with van der Waals surface area (Å²) in [6.07, 6.45) is 97.4. The van der Waals surface area contributed by atoms with Crippen molar-refractivity contribution in [1.82, 2.24) is 0 Å². The highest BCUT2D eigenvalue weighted by Crippen LogP contribution is 2.43. The maximum Gasteiger partial charge on any atom is 0.472 e. The molecule has 0 radical (unpaired) electrons. The van der Waals surface area contributed by atoms with Crippen LogP contribution in [0.2, 0.25) is 0 Å². The van der Waals surface area contributed by atoms with Crippen molar-refractivity contribution in [1.29, 1.82) is 0 Å². The highest BCUT2D eigenvalue weighted by Gasteiger charge is 2.26. The molecular weight excluding hydrogens is 1050 g/mol. The van der Waals surface area contributed by atoms with Crippen molar-refractivity contribution >= 4 is 19.8 Å². The first-order valence-electron chi connectivity index (χ1n) is 33.0. The van der Waals surface area contributed by atoms with Crippen molar-refractivity contribution in [2.24, 2.45) is 5.73 Å². The molecule has 83 heavy (non-hydrogen) atoms. The Kier molecular flexibility index (Phi) is 63.3. The van der Waals surface area contributed by atoms with Crippen LogP contribution in [0.15, 0.2) is 158 Å². The highest BCUT2D eigenvalue weighted by atomic mass is 31.2. The first-order valence-corrected chi connectivity index (χ1v) is 34.5. The molecule has 0 aromatic rings. The largest absolute Gasteiger partial charge is 0.472 e. The third-order valence-corrected chi connectivity index (χ3v) is 14.4. The van der Waals surface area contributed by atoms with E-state index in [1.807, 2.05) is 0 Å². The molecule has 2 atom stereocenters. The number of esters is 2.